The van der Waals surface area contributed by atoms with Gasteiger partial charge >= 0.3 is 0 Å². The van der Waals surface area contributed by atoms with Crippen LogP contribution in [0.4, 0.5) is 0 Å². The van der Waals surface area contributed by atoms with E-state index in [9.17, 15) is 4.79 Å². The smallest absolute Gasteiger partial charge is 0.287 e. The van der Waals surface area contributed by atoms with Crippen molar-refractivity contribution in [3.8, 4) is 5.75 Å². The second-order valence-electron chi connectivity index (χ2n) is 5.25. The molecule has 8 heteroatoms. The van der Waals surface area contributed by atoms with Crippen LogP contribution in [0.5, 0.6) is 5.75 Å². The number of aromatic nitrogens is 2. The first-order chi connectivity index (χ1) is 12.1. The fourth-order valence-electron chi connectivity index (χ4n) is 2.10. The van der Waals surface area contributed by atoms with Crippen LogP contribution in [0.3, 0.4) is 0 Å². The molecule has 3 aromatic rings. The maximum absolute atomic E-state index is 12.1. The summed E-state index contributed by atoms with van der Waals surface area (Å²) in [5.41, 5.74) is 0. The van der Waals surface area contributed by atoms with E-state index in [1.54, 1.807) is 19.1 Å². The largest absolute Gasteiger partial charge is 0.486 e. The van der Waals surface area contributed by atoms with E-state index in [1.165, 1.54) is 0 Å². The molecule has 2 aromatic heterocycles. The normalized spacial score (nSPS) is 10.6. The Morgan fingerprint density at radius 3 is 2.96 bits per heavy atom. The van der Waals surface area contributed by atoms with Crippen LogP contribution >= 0.6 is 15.9 Å². The zero-order valence-electron chi connectivity index (χ0n) is 13.5. The lowest BCUT2D eigenvalue weighted by atomic mass is 10.3. The third-order valence-electron chi connectivity index (χ3n) is 3.26. The third-order valence-corrected chi connectivity index (χ3v) is 3.75. The van der Waals surface area contributed by atoms with E-state index in [-0.39, 0.29) is 18.3 Å². The van der Waals surface area contributed by atoms with Crippen LogP contribution < -0.4 is 10.1 Å². The Bertz CT molecular complexity index is 859. The Morgan fingerprint density at radius 2 is 2.20 bits per heavy atom. The lowest BCUT2D eigenvalue weighted by molar-refractivity contribution is 0.0921. The second-order valence-corrected chi connectivity index (χ2v) is 6.17. The number of rotatable bonds is 7. The highest BCUT2D eigenvalue weighted by atomic mass is 79.9. The molecule has 0 bridgehead atoms. The van der Waals surface area contributed by atoms with Crippen molar-refractivity contribution < 1.29 is 18.5 Å². The van der Waals surface area contributed by atoms with Gasteiger partial charge in [0.15, 0.2) is 11.6 Å². The number of furan rings is 1. The average molecular weight is 406 g/mol. The number of ether oxygens (including phenoxy) is 1. The number of carbonyl (C=O) groups is 1. The van der Waals surface area contributed by atoms with Crippen LogP contribution in [0.1, 0.15) is 28.0 Å². The van der Waals surface area contributed by atoms with E-state index >= 15 is 0 Å². The fourth-order valence-corrected chi connectivity index (χ4v) is 2.48. The minimum Gasteiger partial charge on any atom is -0.486 e. The first-order valence-corrected chi connectivity index (χ1v) is 8.44. The van der Waals surface area contributed by atoms with Gasteiger partial charge in [0.25, 0.3) is 5.91 Å². The quantitative estimate of drug-likeness (QED) is 0.648. The van der Waals surface area contributed by atoms with E-state index in [4.69, 9.17) is 13.7 Å². The summed E-state index contributed by atoms with van der Waals surface area (Å²) in [6.45, 7) is 2.36. The number of halogens is 1. The van der Waals surface area contributed by atoms with Gasteiger partial charge in [-0.25, -0.2) is 0 Å². The minimum absolute atomic E-state index is 0.231. The Morgan fingerprint density at radius 1 is 1.32 bits per heavy atom. The van der Waals surface area contributed by atoms with Gasteiger partial charge in [0, 0.05) is 17.4 Å². The molecule has 0 fully saturated rings. The maximum Gasteiger partial charge on any atom is 0.287 e. The van der Waals surface area contributed by atoms with Crippen molar-refractivity contribution in [2.45, 2.75) is 20.0 Å². The van der Waals surface area contributed by atoms with Gasteiger partial charge in [-0.15, -0.1) is 0 Å². The van der Waals surface area contributed by atoms with Gasteiger partial charge in [0.05, 0.1) is 0 Å². The minimum atomic E-state index is -0.301. The molecule has 1 N–H and O–H groups in total. The SMILES string of the molecule is Cc1noc(CCNC(=O)c2ccc(COc3cccc(Br)c3)o2)n1. The number of nitrogens with zero attached hydrogens (tertiary/aromatic N) is 2. The molecular formula is C17H16BrN3O4. The van der Waals surface area contributed by atoms with Crippen molar-refractivity contribution in [1.82, 2.24) is 15.5 Å². The standard InChI is InChI=1S/C17H16BrN3O4/c1-11-20-16(25-21-11)7-8-19-17(22)15-6-5-14(24-15)10-23-13-4-2-3-12(18)9-13/h2-6,9H,7-8,10H2,1H3,(H,19,22). The van der Waals surface area contributed by atoms with Crippen LogP contribution in [0.15, 0.2) is 49.8 Å². The van der Waals surface area contributed by atoms with Gasteiger partial charge in [-0.2, -0.15) is 4.98 Å². The van der Waals surface area contributed by atoms with Crippen LogP contribution in [0, 0.1) is 6.92 Å². The van der Waals surface area contributed by atoms with Gasteiger partial charge in [-0.1, -0.05) is 27.2 Å². The van der Waals surface area contributed by atoms with Crippen molar-refractivity contribution in [2.75, 3.05) is 6.54 Å². The highest BCUT2D eigenvalue weighted by Gasteiger charge is 2.12. The lowest BCUT2D eigenvalue weighted by Crippen LogP contribution is -2.25. The Hall–Kier alpha value is -2.61. The van der Waals surface area contributed by atoms with Gasteiger partial charge in [0.1, 0.15) is 18.1 Å². The molecule has 0 aliphatic rings. The number of hydrogen-bond donors (Lipinski definition) is 1. The highest BCUT2D eigenvalue weighted by Crippen LogP contribution is 2.19. The summed E-state index contributed by atoms with van der Waals surface area (Å²) < 4.78 is 17.0. The number of hydrogen-bond acceptors (Lipinski definition) is 6. The molecule has 2 heterocycles. The first kappa shape index (κ1) is 17.2. The Balaban J connectivity index is 1.47. The van der Waals surface area contributed by atoms with Gasteiger partial charge in [0.2, 0.25) is 5.89 Å². The van der Waals surface area contributed by atoms with Crippen LogP contribution in [-0.2, 0) is 13.0 Å². The van der Waals surface area contributed by atoms with Crippen molar-refractivity contribution >= 4 is 21.8 Å². The summed E-state index contributed by atoms with van der Waals surface area (Å²) in [6.07, 6.45) is 0.464. The van der Waals surface area contributed by atoms with Crippen molar-refractivity contribution in [3.63, 3.8) is 0 Å². The highest BCUT2D eigenvalue weighted by molar-refractivity contribution is 9.10. The van der Waals surface area contributed by atoms with Crippen molar-refractivity contribution in [2.24, 2.45) is 0 Å². The molecule has 25 heavy (non-hydrogen) atoms. The first-order valence-electron chi connectivity index (χ1n) is 7.64. The molecule has 1 aromatic carbocycles. The van der Waals surface area contributed by atoms with Crippen molar-refractivity contribution in [1.29, 1.82) is 0 Å². The molecule has 0 atom stereocenters. The molecule has 3 rings (SSSR count). The predicted octanol–water partition coefficient (Wildman–Crippen LogP) is 3.29. The summed E-state index contributed by atoms with van der Waals surface area (Å²) in [7, 11) is 0. The monoisotopic (exact) mass is 405 g/mol. The number of benzene rings is 1. The molecule has 0 radical (unpaired) electrons. The van der Waals surface area contributed by atoms with Gasteiger partial charge in [-0.05, 0) is 37.3 Å². The van der Waals surface area contributed by atoms with Gasteiger partial charge in [-0.3, -0.25) is 4.79 Å². The zero-order valence-corrected chi connectivity index (χ0v) is 15.1. The summed E-state index contributed by atoms with van der Waals surface area (Å²) in [4.78, 5) is 16.1. The van der Waals surface area contributed by atoms with Crippen LogP contribution in [-0.4, -0.2) is 22.6 Å². The Kier molecular flexibility index (Phi) is 5.49. The molecule has 0 aliphatic carbocycles. The molecule has 130 valence electrons. The van der Waals surface area contributed by atoms with E-state index in [2.05, 4.69) is 31.4 Å². The fraction of sp³-hybridized carbons (Fsp3) is 0.235. The molecule has 0 saturated heterocycles. The van der Waals surface area contributed by atoms with E-state index in [1.807, 2.05) is 24.3 Å². The van der Waals surface area contributed by atoms with E-state index in [0.29, 0.717) is 36.2 Å². The Labute approximate surface area is 152 Å². The summed E-state index contributed by atoms with van der Waals surface area (Å²) >= 11 is 3.38. The predicted molar refractivity (Wildman–Crippen MR) is 92.3 cm³/mol. The molecule has 0 spiro atoms. The van der Waals surface area contributed by atoms with Crippen LogP contribution in [0.2, 0.25) is 0 Å². The van der Waals surface area contributed by atoms with E-state index in [0.717, 1.165) is 4.47 Å². The summed E-state index contributed by atoms with van der Waals surface area (Å²) in [6, 6.07) is 10.8. The average Bonchev–Trinajstić information content (AvgIpc) is 3.22. The molecule has 1 amide bonds. The van der Waals surface area contributed by atoms with Crippen LogP contribution in [0.25, 0.3) is 0 Å². The number of carbonyl (C=O) groups excluding carboxylic acids is 1. The number of aryl methyl sites for hydroxylation is 1. The second kappa shape index (κ2) is 7.98. The van der Waals surface area contributed by atoms with E-state index < -0.39 is 0 Å². The molecular weight excluding hydrogens is 390 g/mol. The zero-order chi connectivity index (χ0) is 17.6. The third kappa shape index (κ3) is 4.93. The molecule has 0 aliphatic heterocycles. The number of amides is 1. The lowest BCUT2D eigenvalue weighted by Gasteiger charge is -2.04. The molecule has 0 saturated carbocycles. The van der Waals surface area contributed by atoms with Crippen molar-refractivity contribution in [3.05, 3.63) is 64.1 Å². The molecule has 7 nitrogen and oxygen atoms in total. The topological polar surface area (TPSA) is 90.4 Å². The summed E-state index contributed by atoms with van der Waals surface area (Å²) in [5.74, 6) is 2.27. The number of nitrogens with one attached hydrogen (secondary N) is 1. The summed E-state index contributed by atoms with van der Waals surface area (Å²) in [5, 5.41) is 6.44. The maximum atomic E-state index is 12.1. The molecule has 0 unspecified atom stereocenters. The van der Waals surface area contributed by atoms with Gasteiger partial charge < -0.3 is 19.0 Å².